The topological polar surface area (TPSA) is 64.1 Å². The van der Waals surface area contributed by atoms with Gasteiger partial charge in [0.05, 0.1) is 0 Å². The fourth-order valence-electron chi connectivity index (χ4n) is 2.02. The summed E-state index contributed by atoms with van der Waals surface area (Å²) in [5, 5.41) is 12.3. The number of ether oxygens (including phenoxy) is 1. The van der Waals surface area contributed by atoms with Crippen LogP contribution in [-0.2, 0) is 16.0 Å². The summed E-state index contributed by atoms with van der Waals surface area (Å²) in [4.78, 5) is 11.9. The van der Waals surface area contributed by atoms with Crippen LogP contribution in [0.25, 0.3) is 0 Å². The highest BCUT2D eigenvalue weighted by molar-refractivity contribution is 7.15. The molecule has 0 spiro atoms. The molecule has 0 aliphatic carbocycles. The first-order chi connectivity index (χ1) is 10.1. The lowest BCUT2D eigenvalue weighted by molar-refractivity contribution is -0.125. The van der Waals surface area contributed by atoms with Gasteiger partial charge in [0.1, 0.15) is 11.1 Å². The van der Waals surface area contributed by atoms with Gasteiger partial charge in [0.2, 0.25) is 5.13 Å². The standard InChI is InChI=1S/C15H19N3O2S/c1-4-12(20-3)14(19)16-15-18-17-13(21-15)9-11-7-5-6-10(2)8-11/h5-8,12H,4,9H2,1-3H3,(H,16,18,19). The highest BCUT2D eigenvalue weighted by atomic mass is 32.1. The molecule has 0 aliphatic heterocycles. The molecule has 1 N–H and O–H groups in total. The molecule has 112 valence electrons. The second kappa shape index (κ2) is 7.28. The molecule has 0 aliphatic rings. The molecule has 0 radical (unpaired) electrons. The average molecular weight is 305 g/mol. The lowest BCUT2D eigenvalue weighted by Crippen LogP contribution is -2.28. The fraction of sp³-hybridized carbons (Fsp3) is 0.400. The van der Waals surface area contributed by atoms with Crippen LogP contribution in [0, 0.1) is 6.92 Å². The van der Waals surface area contributed by atoms with E-state index >= 15 is 0 Å². The zero-order valence-electron chi connectivity index (χ0n) is 12.4. The molecule has 1 atom stereocenters. The number of hydrogen-bond donors (Lipinski definition) is 1. The van der Waals surface area contributed by atoms with Crippen LogP contribution in [0.4, 0.5) is 5.13 Å². The predicted molar refractivity (Wildman–Crippen MR) is 83.6 cm³/mol. The minimum absolute atomic E-state index is 0.182. The number of nitrogens with zero attached hydrogens (tertiary/aromatic N) is 2. The van der Waals surface area contributed by atoms with E-state index in [0.29, 0.717) is 11.6 Å². The molecule has 1 heterocycles. The van der Waals surface area contributed by atoms with Crippen LogP contribution in [0.3, 0.4) is 0 Å². The Hall–Kier alpha value is -1.79. The summed E-state index contributed by atoms with van der Waals surface area (Å²) >= 11 is 1.39. The molecule has 0 saturated heterocycles. The van der Waals surface area contributed by atoms with E-state index in [1.54, 1.807) is 0 Å². The van der Waals surface area contributed by atoms with Crippen molar-refractivity contribution in [3.63, 3.8) is 0 Å². The Kier molecular flexibility index (Phi) is 5.41. The summed E-state index contributed by atoms with van der Waals surface area (Å²) < 4.78 is 5.09. The minimum Gasteiger partial charge on any atom is -0.372 e. The van der Waals surface area contributed by atoms with E-state index in [1.165, 1.54) is 29.6 Å². The van der Waals surface area contributed by atoms with E-state index in [0.717, 1.165) is 11.4 Å². The van der Waals surface area contributed by atoms with E-state index in [1.807, 2.05) is 13.0 Å². The Morgan fingerprint density at radius 3 is 2.90 bits per heavy atom. The summed E-state index contributed by atoms with van der Waals surface area (Å²) in [5.74, 6) is -0.182. The second-order valence-electron chi connectivity index (χ2n) is 4.79. The summed E-state index contributed by atoms with van der Waals surface area (Å²) in [7, 11) is 1.52. The number of anilines is 1. The number of carbonyl (C=O) groups is 1. The zero-order chi connectivity index (χ0) is 15.2. The van der Waals surface area contributed by atoms with Crippen molar-refractivity contribution < 1.29 is 9.53 Å². The van der Waals surface area contributed by atoms with Gasteiger partial charge in [0.15, 0.2) is 0 Å². The first kappa shape index (κ1) is 15.6. The van der Waals surface area contributed by atoms with Crippen LogP contribution in [0.1, 0.15) is 29.5 Å². The quantitative estimate of drug-likeness (QED) is 0.891. The number of aryl methyl sites for hydroxylation is 1. The number of rotatable bonds is 6. The summed E-state index contributed by atoms with van der Waals surface area (Å²) in [6.07, 6.45) is 0.891. The van der Waals surface area contributed by atoms with Crippen LogP contribution in [0.15, 0.2) is 24.3 Å². The number of nitrogens with one attached hydrogen (secondary N) is 1. The second-order valence-corrected chi connectivity index (χ2v) is 5.85. The summed E-state index contributed by atoms with van der Waals surface area (Å²) in [6, 6.07) is 8.27. The monoisotopic (exact) mass is 305 g/mol. The van der Waals surface area contributed by atoms with E-state index in [4.69, 9.17) is 4.74 Å². The first-order valence-corrected chi connectivity index (χ1v) is 7.65. The van der Waals surface area contributed by atoms with Gasteiger partial charge in [0, 0.05) is 13.5 Å². The fourth-order valence-corrected chi connectivity index (χ4v) is 2.79. The van der Waals surface area contributed by atoms with Gasteiger partial charge >= 0.3 is 0 Å². The van der Waals surface area contributed by atoms with E-state index in [9.17, 15) is 4.79 Å². The number of amides is 1. The van der Waals surface area contributed by atoms with Crippen LogP contribution >= 0.6 is 11.3 Å². The number of benzene rings is 1. The number of methoxy groups -OCH3 is 1. The maximum absolute atomic E-state index is 11.9. The number of carbonyl (C=O) groups excluding carboxylic acids is 1. The van der Waals surface area contributed by atoms with Crippen molar-refractivity contribution in [1.82, 2.24) is 10.2 Å². The maximum Gasteiger partial charge on any atom is 0.255 e. The summed E-state index contributed by atoms with van der Waals surface area (Å²) in [6.45, 7) is 3.96. The van der Waals surface area contributed by atoms with Crippen molar-refractivity contribution in [2.24, 2.45) is 0 Å². The molecule has 0 fully saturated rings. The molecule has 21 heavy (non-hydrogen) atoms. The molecule has 6 heteroatoms. The van der Waals surface area contributed by atoms with Gasteiger partial charge in [-0.3, -0.25) is 10.1 Å². The molecular formula is C15H19N3O2S. The van der Waals surface area contributed by atoms with Gasteiger partial charge in [-0.05, 0) is 18.9 Å². The SMILES string of the molecule is CCC(OC)C(=O)Nc1nnc(Cc2cccc(C)c2)s1. The summed E-state index contributed by atoms with van der Waals surface area (Å²) in [5.41, 5.74) is 2.41. The van der Waals surface area contributed by atoms with Crippen molar-refractivity contribution in [1.29, 1.82) is 0 Å². The van der Waals surface area contributed by atoms with Crippen molar-refractivity contribution in [2.75, 3.05) is 12.4 Å². The maximum atomic E-state index is 11.9. The first-order valence-electron chi connectivity index (χ1n) is 6.84. The van der Waals surface area contributed by atoms with Gasteiger partial charge in [-0.1, -0.05) is 48.1 Å². The molecule has 1 aromatic heterocycles. The number of hydrogen-bond acceptors (Lipinski definition) is 5. The third-order valence-corrected chi connectivity index (χ3v) is 3.92. The van der Waals surface area contributed by atoms with E-state index < -0.39 is 6.10 Å². The Balaban J connectivity index is 2.00. The number of aromatic nitrogens is 2. The van der Waals surface area contributed by atoms with Crippen molar-refractivity contribution in [2.45, 2.75) is 32.8 Å². The van der Waals surface area contributed by atoms with Crippen molar-refractivity contribution in [3.8, 4) is 0 Å². The average Bonchev–Trinajstić information content (AvgIpc) is 2.87. The molecule has 5 nitrogen and oxygen atoms in total. The molecule has 1 aromatic carbocycles. The highest BCUT2D eigenvalue weighted by Gasteiger charge is 2.17. The smallest absolute Gasteiger partial charge is 0.255 e. The molecule has 1 amide bonds. The lowest BCUT2D eigenvalue weighted by atomic mass is 10.1. The van der Waals surface area contributed by atoms with Gasteiger partial charge in [0.25, 0.3) is 5.91 Å². The van der Waals surface area contributed by atoms with Crippen LogP contribution < -0.4 is 5.32 Å². The molecule has 0 bridgehead atoms. The Morgan fingerprint density at radius 1 is 1.43 bits per heavy atom. The zero-order valence-corrected chi connectivity index (χ0v) is 13.2. The van der Waals surface area contributed by atoms with Crippen LogP contribution in [-0.4, -0.2) is 29.3 Å². The Bertz CT molecular complexity index is 608. The van der Waals surface area contributed by atoms with Crippen molar-refractivity contribution in [3.05, 3.63) is 40.4 Å². The molecular weight excluding hydrogens is 286 g/mol. The Morgan fingerprint density at radius 2 is 2.24 bits per heavy atom. The molecule has 0 saturated carbocycles. The van der Waals surface area contributed by atoms with Crippen LogP contribution in [0.2, 0.25) is 0 Å². The molecule has 1 unspecified atom stereocenters. The molecule has 2 aromatic rings. The predicted octanol–water partition coefficient (Wildman–Crippen LogP) is 2.80. The van der Waals surface area contributed by atoms with Gasteiger partial charge in [-0.25, -0.2) is 0 Å². The van der Waals surface area contributed by atoms with E-state index in [-0.39, 0.29) is 5.91 Å². The van der Waals surface area contributed by atoms with Gasteiger partial charge < -0.3 is 4.74 Å². The van der Waals surface area contributed by atoms with Gasteiger partial charge in [-0.15, -0.1) is 10.2 Å². The Labute approximate surface area is 128 Å². The van der Waals surface area contributed by atoms with Crippen molar-refractivity contribution >= 4 is 22.4 Å². The largest absolute Gasteiger partial charge is 0.372 e. The third kappa shape index (κ3) is 4.34. The third-order valence-electron chi connectivity index (χ3n) is 3.08. The van der Waals surface area contributed by atoms with E-state index in [2.05, 4.69) is 40.6 Å². The highest BCUT2D eigenvalue weighted by Crippen LogP contribution is 2.19. The lowest BCUT2D eigenvalue weighted by Gasteiger charge is -2.10. The molecule has 2 rings (SSSR count). The minimum atomic E-state index is -0.450. The van der Waals surface area contributed by atoms with Gasteiger partial charge in [-0.2, -0.15) is 0 Å². The van der Waals surface area contributed by atoms with Crippen LogP contribution in [0.5, 0.6) is 0 Å². The normalized spacial score (nSPS) is 12.1.